The van der Waals surface area contributed by atoms with E-state index in [1.807, 2.05) is 0 Å². The summed E-state index contributed by atoms with van der Waals surface area (Å²) in [4.78, 5) is 16.4. The van der Waals surface area contributed by atoms with Crippen molar-refractivity contribution in [3.05, 3.63) is 71.7 Å². The molecule has 3 aromatic rings. The van der Waals surface area contributed by atoms with Gasteiger partial charge >= 0.3 is 0 Å². The van der Waals surface area contributed by atoms with E-state index >= 15 is 0 Å². The van der Waals surface area contributed by atoms with E-state index in [1.165, 1.54) is 49.5 Å². The highest BCUT2D eigenvalue weighted by Gasteiger charge is 2.13. The number of hydrogen-bond acceptors (Lipinski definition) is 4. The fourth-order valence-corrected chi connectivity index (χ4v) is 2.54. The third-order valence-electron chi connectivity index (χ3n) is 3.92. The quantitative estimate of drug-likeness (QED) is 0.719. The highest BCUT2D eigenvalue weighted by molar-refractivity contribution is 6.04. The summed E-state index contributed by atoms with van der Waals surface area (Å²) < 4.78 is 39.3. The van der Waals surface area contributed by atoms with E-state index in [0.29, 0.717) is 17.1 Å². The van der Waals surface area contributed by atoms with E-state index in [0.717, 1.165) is 0 Å². The molecule has 0 saturated carbocycles. The number of nitrogens with zero attached hydrogens (tertiary/aromatic N) is 2. The van der Waals surface area contributed by atoms with Gasteiger partial charge in [0.05, 0.1) is 27.1 Å². The van der Waals surface area contributed by atoms with Crippen LogP contribution in [0.15, 0.2) is 48.9 Å². The van der Waals surface area contributed by atoms with Crippen LogP contribution in [0.25, 0.3) is 0 Å². The predicted octanol–water partition coefficient (Wildman–Crippen LogP) is 3.48. The van der Waals surface area contributed by atoms with Crippen molar-refractivity contribution in [1.29, 1.82) is 0 Å². The lowest BCUT2D eigenvalue weighted by atomic mass is 10.2. The van der Waals surface area contributed by atoms with E-state index in [9.17, 15) is 13.6 Å². The Morgan fingerprint density at radius 3 is 2.48 bits per heavy atom. The van der Waals surface area contributed by atoms with Gasteiger partial charge < -0.3 is 19.4 Å². The zero-order valence-corrected chi connectivity index (χ0v) is 14.7. The topological polar surface area (TPSA) is 65.4 Å². The molecule has 0 saturated heterocycles. The predicted molar refractivity (Wildman–Crippen MR) is 95.2 cm³/mol. The van der Waals surface area contributed by atoms with Crippen LogP contribution in [0.3, 0.4) is 0 Å². The number of methoxy groups -OCH3 is 2. The molecule has 0 unspecified atom stereocenters. The monoisotopic (exact) mass is 373 g/mol. The van der Waals surface area contributed by atoms with E-state index in [2.05, 4.69) is 10.3 Å². The van der Waals surface area contributed by atoms with Gasteiger partial charge in [-0.25, -0.2) is 13.8 Å². The van der Waals surface area contributed by atoms with Gasteiger partial charge in [-0.3, -0.25) is 4.79 Å². The number of anilines is 1. The van der Waals surface area contributed by atoms with Crippen molar-refractivity contribution in [2.24, 2.45) is 0 Å². The van der Waals surface area contributed by atoms with E-state index in [1.54, 1.807) is 18.2 Å². The molecule has 8 heteroatoms. The van der Waals surface area contributed by atoms with Gasteiger partial charge in [0.25, 0.3) is 5.91 Å². The number of nitrogens with one attached hydrogen (secondary N) is 1. The summed E-state index contributed by atoms with van der Waals surface area (Å²) in [6, 6.07) is 8.43. The summed E-state index contributed by atoms with van der Waals surface area (Å²) >= 11 is 0. The lowest BCUT2D eigenvalue weighted by molar-refractivity contribution is 0.102. The van der Waals surface area contributed by atoms with Crippen molar-refractivity contribution >= 4 is 11.7 Å². The van der Waals surface area contributed by atoms with Crippen molar-refractivity contribution in [2.75, 3.05) is 19.5 Å². The fourth-order valence-electron chi connectivity index (χ4n) is 2.54. The first-order chi connectivity index (χ1) is 13.0. The van der Waals surface area contributed by atoms with Crippen molar-refractivity contribution in [3.8, 4) is 11.5 Å². The average molecular weight is 373 g/mol. The van der Waals surface area contributed by atoms with E-state index < -0.39 is 17.5 Å². The minimum atomic E-state index is -0.639. The van der Waals surface area contributed by atoms with Crippen LogP contribution < -0.4 is 14.8 Å². The van der Waals surface area contributed by atoms with E-state index in [-0.39, 0.29) is 17.9 Å². The fraction of sp³-hybridized carbons (Fsp3) is 0.158. The third-order valence-corrected chi connectivity index (χ3v) is 3.92. The Hall–Kier alpha value is -3.42. The molecule has 0 atom stereocenters. The molecule has 1 amide bonds. The number of hydrogen-bond donors (Lipinski definition) is 1. The van der Waals surface area contributed by atoms with Crippen LogP contribution >= 0.6 is 0 Å². The van der Waals surface area contributed by atoms with Crippen LogP contribution in [0.2, 0.25) is 0 Å². The highest BCUT2D eigenvalue weighted by Crippen LogP contribution is 2.27. The highest BCUT2D eigenvalue weighted by atomic mass is 19.1. The van der Waals surface area contributed by atoms with Gasteiger partial charge in [-0.15, -0.1) is 0 Å². The number of rotatable bonds is 6. The number of benzene rings is 2. The minimum absolute atomic E-state index is 0.0439. The molecule has 0 aliphatic rings. The van der Waals surface area contributed by atoms with Crippen LogP contribution in [0, 0.1) is 11.6 Å². The molecule has 0 aliphatic heterocycles. The second-order valence-electron chi connectivity index (χ2n) is 5.66. The molecular weight excluding hydrogens is 356 g/mol. The first-order valence-corrected chi connectivity index (χ1v) is 8.00. The SMILES string of the molecule is COc1ccc(C(=O)Nc2cn(Cc3c(F)cccc3F)cn2)cc1OC. The van der Waals surface area contributed by atoms with Crippen molar-refractivity contribution < 1.29 is 23.0 Å². The number of amides is 1. The Kier molecular flexibility index (Phi) is 5.35. The minimum Gasteiger partial charge on any atom is -0.493 e. The van der Waals surface area contributed by atoms with Gasteiger partial charge in [-0.1, -0.05) is 6.07 Å². The van der Waals surface area contributed by atoms with Gasteiger partial charge in [-0.2, -0.15) is 0 Å². The Morgan fingerprint density at radius 2 is 1.81 bits per heavy atom. The Labute approximate surface area is 154 Å². The summed E-state index contributed by atoms with van der Waals surface area (Å²) in [5.41, 5.74) is 0.273. The second-order valence-corrected chi connectivity index (χ2v) is 5.66. The van der Waals surface area contributed by atoms with Crippen LogP contribution in [0.4, 0.5) is 14.6 Å². The normalized spacial score (nSPS) is 10.5. The van der Waals surface area contributed by atoms with Gasteiger partial charge in [0.15, 0.2) is 17.3 Å². The van der Waals surface area contributed by atoms with Gasteiger partial charge in [0, 0.05) is 17.3 Å². The van der Waals surface area contributed by atoms with Gasteiger partial charge in [0.2, 0.25) is 0 Å². The standard InChI is InChI=1S/C19H17F2N3O3/c1-26-16-7-6-12(8-17(16)27-2)19(25)23-18-10-24(11-22-18)9-13-14(20)4-3-5-15(13)21/h3-8,10-11H,9H2,1-2H3,(H,23,25). The maximum atomic E-state index is 13.7. The first-order valence-electron chi connectivity index (χ1n) is 8.00. The molecule has 27 heavy (non-hydrogen) atoms. The Bertz CT molecular complexity index is 952. The average Bonchev–Trinajstić information content (AvgIpc) is 3.11. The summed E-state index contributed by atoms with van der Waals surface area (Å²) in [5, 5.41) is 2.63. The number of ether oxygens (including phenoxy) is 2. The zero-order chi connectivity index (χ0) is 19.4. The molecule has 140 valence electrons. The molecule has 1 heterocycles. The molecule has 1 N–H and O–H groups in total. The molecule has 0 bridgehead atoms. The van der Waals surface area contributed by atoms with Crippen molar-refractivity contribution in [1.82, 2.24) is 9.55 Å². The van der Waals surface area contributed by atoms with E-state index in [4.69, 9.17) is 9.47 Å². The smallest absolute Gasteiger partial charge is 0.256 e. The lowest BCUT2D eigenvalue weighted by Crippen LogP contribution is -2.12. The van der Waals surface area contributed by atoms with Crippen LogP contribution in [-0.2, 0) is 6.54 Å². The summed E-state index contributed by atoms with van der Waals surface area (Å²) in [6.07, 6.45) is 2.88. The van der Waals surface area contributed by atoms with Gasteiger partial charge in [-0.05, 0) is 30.3 Å². The first kappa shape index (κ1) is 18.4. The number of carbonyl (C=O) groups excluding carboxylic acids is 1. The zero-order valence-electron chi connectivity index (χ0n) is 14.7. The van der Waals surface area contributed by atoms with Crippen LogP contribution in [0.1, 0.15) is 15.9 Å². The molecule has 6 nitrogen and oxygen atoms in total. The Morgan fingerprint density at radius 1 is 1.11 bits per heavy atom. The maximum Gasteiger partial charge on any atom is 0.256 e. The molecule has 2 aromatic carbocycles. The number of halogens is 2. The summed E-state index contributed by atoms with van der Waals surface area (Å²) in [5.74, 6) is -0.500. The van der Waals surface area contributed by atoms with Crippen molar-refractivity contribution in [2.45, 2.75) is 6.54 Å². The molecule has 3 rings (SSSR count). The number of imidazole rings is 1. The molecule has 1 aromatic heterocycles. The van der Waals surface area contributed by atoms with Crippen LogP contribution in [0.5, 0.6) is 11.5 Å². The molecule has 0 fully saturated rings. The molecule has 0 radical (unpaired) electrons. The molecular formula is C19H17F2N3O3. The molecule has 0 aliphatic carbocycles. The summed E-state index contributed by atoms with van der Waals surface area (Å²) in [7, 11) is 2.98. The Balaban J connectivity index is 1.73. The number of aromatic nitrogens is 2. The third kappa shape index (κ3) is 4.05. The lowest BCUT2D eigenvalue weighted by Gasteiger charge is -2.09. The van der Waals surface area contributed by atoms with Gasteiger partial charge in [0.1, 0.15) is 11.6 Å². The number of carbonyl (C=O) groups is 1. The second kappa shape index (κ2) is 7.86. The van der Waals surface area contributed by atoms with Crippen LogP contribution in [-0.4, -0.2) is 29.7 Å². The maximum absolute atomic E-state index is 13.7. The summed E-state index contributed by atoms with van der Waals surface area (Å²) in [6.45, 7) is -0.0439. The molecule has 0 spiro atoms. The van der Waals surface area contributed by atoms with Crippen molar-refractivity contribution in [3.63, 3.8) is 0 Å². The largest absolute Gasteiger partial charge is 0.493 e.